The Bertz CT molecular complexity index is 568. The Balaban J connectivity index is 2.26. The first-order valence-electron chi connectivity index (χ1n) is 6.15. The first-order chi connectivity index (χ1) is 9.02. The minimum atomic E-state index is -0.605. The van der Waals surface area contributed by atoms with Crippen molar-refractivity contribution in [3.05, 3.63) is 24.0 Å². The van der Waals surface area contributed by atoms with E-state index in [1.807, 2.05) is 29.8 Å². The highest BCUT2D eigenvalue weighted by atomic mass is 35.5. The van der Waals surface area contributed by atoms with E-state index in [1.165, 1.54) is 0 Å². The number of imidazole rings is 1. The molecule has 19 heavy (non-hydrogen) atoms. The Kier molecular flexibility index (Phi) is 4.29. The van der Waals surface area contributed by atoms with Gasteiger partial charge in [0.05, 0.1) is 23.0 Å². The van der Waals surface area contributed by atoms with Crippen LogP contribution in [0.15, 0.2) is 18.2 Å². The molecule has 2 rings (SSSR count). The van der Waals surface area contributed by atoms with Crippen LogP contribution in [0.4, 0.5) is 5.69 Å². The van der Waals surface area contributed by atoms with Gasteiger partial charge in [-0.1, -0.05) is 0 Å². The third-order valence-electron chi connectivity index (χ3n) is 3.01. The molecule has 0 aliphatic carbocycles. The number of hydrogen-bond donors (Lipinski definition) is 3. The van der Waals surface area contributed by atoms with Crippen LogP contribution in [0.5, 0.6) is 0 Å². The largest absolute Gasteiger partial charge is 0.390 e. The van der Waals surface area contributed by atoms with E-state index in [4.69, 9.17) is 11.6 Å². The number of nitrogens with zero attached hydrogens (tertiary/aromatic N) is 2. The summed E-state index contributed by atoms with van der Waals surface area (Å²) in [7, 11) is 1.88. The number of nitrogens with one attached hydrogen (secondary N) is 1. The van der Waals surface area contributed by atoms with E-state index in [2.05, 4.69) is 10.3 Å². The highest BCUT2D eigenvalue weighted by molar-refractivity contribution is 6.18. The molecule has 104 valence electrons. The summed E-state index contributed by atoms with van der Waals surface area (Å²) >= 11 is 5.54. The van der Waals surface area contributed by atoms with E-state index in [-0.39, 0.29) is 5.88 Å². The molecule has 0 aliphatic heterocycles. The molecule has 0 radical (unpaired) electrons. The van der Waals surface area contributed by atoms with Gasteiger partial charge in [0.15, 0.2) is 0 Å². The lowest BCUT2D eigenvalue weighted by atomic mass is 10.2. The van der Waals surface area contributed by atoms with Crippen LogP contribution in [-0.4, -0.2) is 38.3 Å². The highest BCUT2D eigenvalue weighted by Crippen LogP contribution is 2.22. The number of aromatic nitrogens is 2. The van der Waals surface area contributed by atoms with Gasteiger partial charge < -0.3 is 20.1 Å². The van der Waals surface area contributed by atoms with Crippen LogP contribution in [0.1, 0.15) is 18.9 Å². The van der Waals surface area contributed by atoms with Crippen molar-refractivity contribution in [1.82, 2.24) is 9.55 Å². The maximum absolute atomic E-state index is 9.64. The van der Waals surface area contributed by atoms with Gasteiger partial charge in [-0.2, -0.15) is 0 Å². The van der Waals surface area contributed by atoms with Gasteiger partial charge in [0.1, 0.15) is 11.9 Å². The van der Waals surface area contributed by atoms with Crippen LogP contribution in [0.3, 0.4) is 0 Å². The van der Waals surface area contributed by atoms with Gasteiger partial charge in [0, 0.05) is 19.3 Å². The summed E-state index contributed by atoms with van der Waals surface area (Å²) in [5.41, 5.74) is 2.63. The van der Waals surface area contributed by atoms with Gasteiger partial charge in [-0.3, -0.25) is 0 Å². The van der Waals surface area contributed by atoms with Crippen molar-refractivity contribution in [1.29, 1.82) is 0 Å². The zero-order valence-electron chi connectivity index (χ0n) is 11.0. The maximum atomic E-state index is 9.64. The summed E-state index contributed by atoms with van der Waals surface area (Å²) in [6.07, 6.45) is -1.18. The molecule has 1 aromatic carbocycles. The lowest BCUT2D eigenvalue weighted by Gasteiger charge is -2.09. The third kappa shape index (κ3) is 3.00. The zero-order chi connectivity index (χ0) is 14.0. The molecule has 2 atom stereocenters. The van der Waals surface area contributed by atoms with Crippen molar-refractivity contribution in [3.8, 4) is 0 Å². The van der Waals surface area contributed by atoms with E-state index in [9.17, 15) is 10.2 Å². The molecule has 0 aliphatic rings. The highest BCUT2D eigenvalue weighted by Gasteiger charge is 2.12. The smallest absolute Gasteiger partial charge is 0.138 e. The van der Waals surface area contributed by atoms with Gasteiger partial charge in [-0.05, 0) is 25.1 Å². The summed E-state index contributed by atoms with van der Waals surface area (Å²) in [5, 5.41) is 22.1. The zero-order valence-corrected chi connectivity index (χ0v) is 11.7. The van der Waals surface area contributed by atoms with E-state index in [0.717, 1.165) is 16.7 Å². The minimum absolute atomic E-state index is 0.199. The van der Waals surface area contributed by atoms with Crippen molar-refractivity contribution in [2.24, 2.45) is 7.05 Å². The molecule has 2 unspecified atom stereocenters. The second-order valence-corrected chi connectivity index (χ2v) is 4.91. The van der Waals surface area contributed by atoms with E-state index in [1.54, 1.807) is 6.92 Å². The predicted octanol–water partition coefficient (Wildman–Crippen LogP) is 1.64. The number of hydrogen-bond acceptors (Lipinski definition) is 4. The third-order valence-corrected chi connectivity index (χ3v) is 3.37. The first kappa shape index (κ1) is 14.1. The van der Waals surface area contributed by atoms with Crippen molar-refractivity contribution in [2.45, 2.75) is 19.1 Å². The van der Waals surface area contributed by atoms with Gasteiger partial charge in [0.25, 0.3) is 0 Å². The number of alkyl halides is 1. The summed E-state index contributed by atoms with van der Waals surface area (Å²) in [6, 6.07) is 5.74. The molecule has 6 heteroatoms. The molecule has 2 aromatic rings. The minimum Gasteiger partial charge on any atom is -0.390 e. The first-order valence-corrected chi connectivity index (χ1v) is 6.68. The van der Waals surface area contributed by atoms with Crippen molar-refractivity contribution in [3.63, 3.8) is 0 Å². The maximum Gasteiger partial charge on any atom is 0.138 e. The Morgan fingerprint density at radius 3 is 2.79 bits per heavy atom. The fourth-order valence-corrected chi connectivity index (χ4v) is 2.10. The molecule has 0 saturated carbocycles. The summed E-state index contributed by atoms with van der Waals surface area (Å²) < 4.78 is 1.87. The Labute approximate surface area is 116 Å². The summed E-state index contributed by atoms with van der Waals surface area (Å²) in [4.78, 5) is 4.40. The number of anilines is 1. The average Bonchev–Trinajstić information content (AvgIpc) is 2.73. The molecule has 5 nitrogen and oxygen atoms in total. The second-order valence-electron chi connectivity index (χ2n) is 4.60. The Morgan fingerprint density at radius 2 is 2.16 bits per heavy atom. The van der Waals surface area contributed by atoms with Crippen molar-refractivity contribution in [2.75, 3.05) is 17.7 Å². The molecule has 1 aromatic heterocycles. The Morgan fingerprint density at radius 1 is 1.42 bits per heavy atom. The lowest BCUT2D eigenvalue weighted by Crippen LogP contribution is -2.20. The molecule has 0 bridgehead atoms. The van der Waals surface area contributed by atoms with Gasteiger partial charge in [0.2, 0.25) is 0 Å². The number of rotatable bonds is 5. The predicted molar refractivity (Wildman–Crippen MR) is 76.6 cm³/mol. The van der Waals surface area contributed by atoms with Crippen LogP contribution < -0.4 is 5.32 Å². The van der Waals surface area contributed by atoms with Crippen molar-refractivity contribution >= 4 is 28.3 Å². The standard InChI is InChI=1S/C13H18ClN3O2/c1-8(18)13-16-11-5-9(15-7-10(19)6-14)3-4-12(11)17(13)2/h3-5,8,10,15,18-19H,6-7H2,1-2H3. The SMILES string of the molecule is CC(O)c1nc2cc(NCC(O)CCl)ccc2n1C. The normalized spacial score (nSPS) is 14.6. The van der Waals surface area contributed by atoms with Gasteiger partial charge >= 0.3 is 0 Å². The number of halogens is 1. The van der Waals surface area contributed by atoms with Crippen LogP contribution in [0.25, 0.3) is 11.0 Å². The molecule has 3 N–H and O–H groups in total. The lowest BCUT2D eigenvalue weighted by molar-refractivity contribution is 0.186. The molecular weight excluding hydrogens is 266 g/mol. The Hall–Kier alpha value is -1.30. The molecule has 0 saturated heterocycles. The quantitative estimate of drug-likeness (QED) is 0.730. The number of aliphatic hydroxyl groups excluding tert-OH is 2. The van der Waals surface area contributed by atoms with Gasteiger partial charge in [-0.25, -0.2) is 4.98 Å². The monoisotopic (exact) mass is 283 g/mol. The van der Waals surface area contributed by atoms with E-state index in [0.29, 0.717) is 12.4 Å². The molecule has 1 heterocycles. The second kappa shape index (κ2) is 5.77. The fourth-order valence-electron chi connectivity index (χ4n) is 1.99. The number of aryl methyl sites for hydroxylation is 1. The topological polar surface area (TPSA) is 70.3 Å². The molecule has 0 fully saturated rings. The van der Waals surface area contributed by atoms with Crippen LogP contribution in [0, 0.1) is 0 Å². The van der Waals surface area contributed by atoms with E-state index >= 15 is 0 Å². The summed E-state index contributed by atoms with van der Waals surface area (Å²) in [6.45, 7) is 2.09. The molecule has 0 amide bonds. The van der Waals surface area contributed by atoms with Gasteiger partial charge in [-0.15, -0.1) is 11.6 Å². The number of fused-ring (bicyclic) bond motifs is 1. The van der Waals surface area contributed by atoms with Crippen LogP contribution >= 0.6 is 11.6 Å². The number of benzene rings is 1. The molecular formula is C13H18ClN3O2. The van der Waals surface area contributed by atoms with Crippen LogP contribution in [-0.2, 0) is 7.05 Å². The molecule has 0 spiro atoms. The summed E-state index contributed by atoms with van der Waals surface area (Å²) in [5.74, 6) is 0.832. The van der Waals surface area contributed by atoms with E-state index < -0.39 is 12.2 Å². The fraction of sp³-hybridized carbons (Fsp3) is 0.462. The average molecular weight is 284 g/mol. The van der Waals surface area contributed by atoms with Crippen LogP contribution in [0.2, 0.25) is 0 Å². The number of aliphatic hydroxyl groups is 2. The van der Waals surface area contributed by atoms with Crippen molar-refractivity contribution < 1.29 is 10.2 Å².